The standard InChI is InChI=1S/C24H28N8O2S/c1-17(35-24(34)28-16-33)13-20-4-9-27-23(30-20)32-11-6-18(7-12-32)14-25-15-19-3-2-8-26-22(19)21-5-10-29-31-21/h2-5,8-10,13,16,18,25H,6-7,11-12,14-15H2,1H3,(H,29,31)(H,28,33,34)/b17-13-. The van der Waals surface area contributed by atoms with E-state index in [9.17, 15) is 9.59 Å². The number of thioether (sulfide) groups is 1. The van der Waals surface area contributed by atoms with E-state index in [1.54, 1.807) is 31.6 Å². The minimum Gasteiger partial charge on any atom is -0.341 e. The van der Waals surface area contributed by atoms with Gasteiger partial charge in [-0.05, 0) is 78.7 Å². The average Bonchev–Trinajstić information content (AvgIpc) is 3.40. The molecule has 3 aromatic heterocycles. The molecule has 11 heteroatoms. The smallest absolute Gasteiger partial charge is 0.289 e. The number of carbonyl (C=O) groups is 2. The number of H-pyrrole nitrogens is 1. The summed E-state index contributed by atoms with van der Waals surface area (Å²) in [6, 6.07) is 7.78. The number of pyridine rings is 1. The first-order valence-electron chi connectivity index (χ1n) is 11.4. The number of hydrogen-bond acceptors (Lipinski definition) is 9. The highest BCUT2D eigenvalue weighted by Gasteiger charge is 2.21. The van der Waals surface area contributed by atoms with Crippen molar-refractivity contribution in [2.45, 2.75) is 26.3 Å². The minimum absolute atomic E-state index is 0.377. The van der Waals surface area contributed by atoms with Crippen molar-refractivity contribution in [2.75, 3.05) is 24.5 Å². The Hall–Kier alpha value is -3.57. The number of piperidine rings is 1. The fourth-order valence-corrected chi connectivity index (χ4v) is 4.59. The highest BCUT2D eigenvalue weighted by Crippen LogP contribution is 2.23. The molecule has 0 unspecified atom stereocenters. The van der Waals surface area contributed by atoms with Crippen molar-refractivity contribution in [3.05, 3.63) is 59.0 Å². The predicted molar refractivity (Wildman–Crippen MR) is 136 cm³/mol. The van der Waals surface area contributed by atoms with Gasteiger partial charge in [-0.1, -0.05) is 6.07 Å². The van der Waals surface area contributed by atoms with Crippen LogP contribution in [0.3, 0.4) is 0 Å². The van der Waals surface area contributed by atoms with Gasteiger partial charge in [-0.2, -0.15) is 5.10 Å². The Balaban J connectivity index is 1.26. The molecule has 0 radical (unpaired) electrons. The molecule has 0 aliphatic carbocycles. The molecule has 0 atom stereocenters. The van der Waals surface area contributed by atoms with Gasteiger partial charge in [0.15, 0.2) is 0 Å². The number of nitrogens with zero attached hydrogens (tertiary/aromatic N) is 5. The molecule has 1 saturated heterocycles. The van der Waals surface area contributed by atoms with E-state index in [0.29, 0.717) is 18.3 Å². The summed E-state index contributed by atoms with van der Waals surface area (Å²) in [7, 11) is 0. The Morgan fingerprint density at radius 2 is 2.06 bits per heavy atom. The van der Waals surface area contributed by atoms with Gasteiger partial charge in [0, 0.05) is 38.2 Å². The van der Waals surface area contributed by atoms with Gasteiger partial charge in [-0.3, -0.25) is 25.0 Å². The maximum Gasteiger partial charge on any atom is 0.289 e. The molecule has 1 fully saturated rings. The van der Waals surface area contributed by atoms with E-state index in [-0.39, 0.29) is 0 Å². The minimum atomic E-state index is -0.417. The molecule has 0 saturated carbocycles. The van der Waals surface area contributed by atoms with Gasteiger partial charge in [0.1, 0.15) is 0 Å². The molecule has 0 aromatic carbocycles. The van der Waals surface area contributed by atoms with Gasteiger partial charge < -0.3 is 10.2 Å². The van der Waals surface area contributed by atoms with Crippen molar-refractivity contribution < 1.29 is 9.59 Å². The molecule has 3 aromatic rings. The average molecular weight is 493 g/mol. The lowest BCUT2D eigenvalue weighted by atomic mass is 9.97. The summed E-state index contributed by atoms with van der Waals surface area (Å²) in [5.74, 6) is 1.27. The Kier molecular flexibility index (Phi) is 8.58. The fourth-order valence-electron chi connectivity index (χ4n) is 4.02. The summed E-state index contributed by atoms with van der Waals surface area (Å²) >= 11 is 0.957. The van der Waals surface area contributed by atoms with Crippen LogP contribution in [0, 0.1) is 5.92 Å². The number of aromatic amines is 1. The summed E-state index contributed by atoms with van der Waals surface area (Å²) in [6.45, 7) is 5.28. The Labute approximate surface area is 208 Å². The van der Waals surface area contributed by atoms with E-state index in [2.05, 4.69) is 46.7 Å². The van der Waals surface area contributed by atoms with Crippen LogP contribution >= 0.6 is 11.8 Å². The zero-order chi connectivity index (χ0) is 24.5. The van der Waals surface area contributed by atoms with Gasteiger partial charge >= 0.3 is 0 Å². The highest BCUT2D eigenvalue weighted by molar-refractivity contribution is 8.17. The molecule has 182 valence electrons. The van der Waals surface area contributed by atoms with Crippen molar-refractivity contribution >= 4 is 35.4 Å². The number of aromatic nitrogens is 5. The number of imide groups is 1. The van der Waals surface area contributed by atoms with Crippen LogP contribution in [0.5, 0.6) is 0 Å². The molecule has 3 N–H and O–H groups in total. The molecule has 2 amide bonds. The van der Waals surface area contributed by atoms with Crippen molar-refractivity contribution in [3.63, 3.8) is 0 Å². The van der Waals surface area contributed by atoms with Gasteiger partial charge in [-0.25, -0.2) is 9.97 Å². The summed E-state index contributed by atoms with van der Waals surface area (Å²) in [5.41, 5.74) is 3.72. The molecule has 10 nitrogen and oxygen atoms in total. The predicted octanol–water partition coefficient (Wildman–Crippen LogP) is 3.23. The van der Waals surface area contributed by atoms with E-state index < -0.39 is 5.24 Å². The Morgan fingerprint density at radius 1 is 1.20 bits per heavy atom. The third-order valence-electron chi connectivity index (χ3n) is 5.74. The topological polar surface area (TPSA) is 129 Å². The second-order valence-electron chi connectivity index (χ2n) is 8.23. The first kappa shape index (κ1) is 24.6. The fraction of sp³-hybridized carbons (Fsp3) is 0.333. The number of allylic oxidation sites excluding steroid dienone is 1. The largest absolute Gasteiger partial charge is 0.341 e. The zero-order valence-electron chi connectivity index (χ0n) is 19.5. The summed E-state index contributed by atoms with van der Waals surface area (Å²) in [6.07, 6.45) is 9.56. The lowest BCUT2D eigenvalue weighted by Crippen LogP contribution is -2.38. The second kappa shape index (κ2) is 12.2. The van der Waals surface area contributed by atoms with Crippen LogP contribution in [0.1, 0.15) is 31.0 Å². The number of hydrogen-bond donors (Lipinski definition) is 3. The quantitative estimate of drug-likeness (QED) is 0.386. The first-order chi connectivity index (χ1) is 17.1. The first-order valence-corrected chi connectivity index (χ1v) is 12.3. The highest BCUT2D eigenvalue weighted by atomic mass is 32.2. The molecule has 0 spiro atoms. The second-order valence-corrected chi connectivity index (χ2v) is 9.45. The van der Waals surface area contributed by atoms with Crippen LogP contribution in [-0.4, -0.2) is 56.4 Å². The number of amides is 2. The molecule has 1 aliphatic heterocycles. The van der Waals surface area contributed by atoms with E-state index in [1.807, 2.05) is 18.2 Å². The monoisotopic (exact) mass is 492 g/mol. The molecule has 35 heavy (non-hydrogen) atoms. The Bertz CT molecular complexity index is 1160. The van der Waals surface area contributed by atoms with Crippen LogP contribution in [0.4, 0.5) is 10.7 Å². The van der Waals surface area contributed by atoms with Crippen LogP contribution in [-0.2, 0) is 11.3 Å². The van der Waals surface area contributed by atoms with Gasteiger partial charge in [0.2, 0.25) is 12.4 Å². The van der Waals surface area contributed by atoms with Crippen molar-refractivity contribution in [1.82, 2.24) is 35.8 Å². The van der Waals surface area contributed by atoms with Crippen LogP contribution in [0.15, 0.2) is 47.8 Å². The van der Waals surface area contributed by atoms with Crippen LogP contribution in [0.2, 0.25) is 0 Å². The van der Waals surface area contributed by atoms with E-state index in [4.69, 9.17) is 0 Å². The lowest BCUT2D eigenvalue weighted by molar-refractivity contribution is -0.108. The number of rotatable bonds is 9. The lowest BCUT2D eigenvalue weighted by Gasteiger charge is -2.32. The summed E-state index contributed by atoms with van der Waals surface area (Å²) < 4.78 is 0. The third kappa shape index (κ3) is 6.96. The summed E-state index contributed by atoms with van der Waals surface area (Å²) in [5, 5.41) is 12.3. The van der Waals surface area contributed by atoms with Gasteiger partial charge in [0.25, 0.3) is 5.24 Å². The van der Waals surface area contributed by atoms with Crippen molar-refractivity contribution in [1.29, 1.82) is 0 Å². The number of anilines is 1. The summed E-state index contributed by atoms with van der Waals surface area (Å²) in [4.78, 5) is 38.5. The van der Waals surface area contributed by atoms with Crippen molar-refractivity contribution in [3.8, 4) is 11.4 Å². The Morgan fingerprint density at radius 3 is 2.83 bits per heavy atom. The normalized spacial score (nSPS) is 14.7. The van der Waals surface area contributed by atoms with Crippen LogP contribution < -0.4 is 15.5 Å². The maximum absolute atomic E-state index is 11.5. The molecule has 0 bridgehead atoms. The molecular formula is C24H28N8O2S. The SMILES string of the molecule is C/C(=C/c1ccnc(N2CCC(CNCc3cccnc3-c3ccn[nH]3)CC2)n1)SC(=O)NC=O. The van der Waals surface area contributed by atoms with Gasteiger partial charge in [-0.15, -0.1) is 0 Å². The van der Waals surface area contributed by atoms with E-state index in [0.717, 1.165) is 78.3 Å². The zero-order valence-corrected chi connectivity index (χ0v) is 20.3. The number of nitrogens with one attached hydrogen (secondary N) is 3. The molecule has 4 heterocycles. The van der Waals surface area contributed by atoms with E-state index in [1.165, 1.54) is 0 Å². The molecule has 1 aliphatic rings. The number of carbonyl (C=O) groups excluding carboxylic acids is 2. The molecular weight excluding hydrogens is 464 g/mol. The van der Waals surface area contributed by atoms with Gasteiger partial charge in [0.05, 0.1) is 17.1 Å². The maximum atomic E-state index is 11.5. The third-order valence-corrected chi connectivity index (χ3v) is 6.48. The molecule has 4 rings (SSSR count). The van der Waals surface area contributed by atoms with E-state index >= 15 is 0 Å². The van der Waals surface area contributed by atoms with Crippen LogP contribution in [0.25, 0.3) is 17.5 Å². The van der Waals surface area contributed by atoms with Crippen molar-refractivity contribution in [2.24, 2.45) is 5.92 Å².